The standard InChI is InChI=1S/C13H17ClN2OS/c1-4-15-12-8-5-9(14)11(18-7(2)3)6-10(8)16-13(12)17/h5-7,12,15H,4H2,1-3H3,(H,16,17). The van der Waals surface area contributed by atoms with Gasteiger partial charge in [-0.15, -0.1) is 11.8 Å². The molecule has 1 aliphatic heterocycles. The van der Waals surface area contributed by atoms with Crippen molar-refractivity contribution < 1.29 is 4.79 Å². The lowest BCUT2D eigenvalue weighted by Gasteiger charge is -2.12. The van der Waals surface area contributed by atoms with Crippen molar-refractivity contribution in [3.63, 3.8) is 0 Å². The number of halogens is 1. The summed E-state index contributed by atoms with van der Waals surface area (Å²) >= 11 is 7.98. The highest BCUT2D eigenvalue weighted by Gasteiger charge is 2.30. The lowest BCUT2D eigenvalue weighted by Crippen LogP contribution is -2.27. The number of fused-ring (bicyclic) bond motifs is 1. The Balaban J connectivity index is 2.35. The number of benzene rings is 1. The minimum atomic E-state index is -0.277. The van der Waals surface area contributed by atoms with Gasteiger partial charge in [-0.3, -0.25) is 4.79 Å². The van der Waals surface area contributed by atoms with E-state index in [1.165, 1.54) is 0 Å². The van der Waals surface area contributed by atoms with Gasteiger partial charge in [0.1, 0.15) is 6.04 Å². The van der Waals surface area contributed by atoms with Crippen molar-refractivity contribution in [2.75, 3.05) is 11.9 Å². The van der Waals surface area contributed by atoms with E-state index >= 15 is 0 Å². The van der Waals surface area contributed by atoms with Crippen LogP contribution in [-0.2, 0) is 4.79 Å². The minimum Gasteiger partial charge on any atom is -0.324 e. The molecule has 2 N–H and O–H groups in total. The summed E-state index contributed by atoms with van der Waals surface area (Å²) in [6.45, 7) is 6.97. The Morgan fingerprint density at radius 3 is 2.83 bits per heavy atom. The molecule has 0 saturated heterocycles. The Bertz CT molecular complexity index is 476. The second-order valence-corrected chi connectivity index (χ2v) is 6.54. The molecule has 1 aliphatic rings. The molecule has 0 fully saturated rings. The fourth-order valence-corrected chi connectivity index (χ4v) is 3.18. The zero-order valence-corrected chi connectivity index (χ0v) is 12.3. The van der Waals surface area contributed by atoms with E-state index in [0.29, 0.717) is 10.3 Å². The highest BCUT2D eigenvalue weighted by Crippen LogP contribution is 2.39. The Hall–Kier alpha value is -0.710. The molecule has 18 heavy (non-hydrogen) atoms. The maximum absolute atomic E-state index is 11.8. The van der Waals surface area contributed by atoms with Crippen molar-refractivity contribution in [1.82, 2.24) is 5.32 Å². The number of carbonyl (C=O) groups excluding carboxylic acids is 1. The molecule has 5 heteroatoms. The Morgan fingerprint density at radius 1 is 1.50 bits per heavy atom. The molecule has 1 amide bonds. The summed E-state index contributed by atoms with van der Waals surface area (Å²) in [5.41, 5.74) is 1.82. The smallest absolute Gasteiger partial charge is 0.246 e. The monoisotopic (exact) mass is 284 g/mol. The van der Waals surface area contributed by atoms with Gasteiger partial charge < -0.3 is 10.6 Å². The molecule has 2 rings (SSSR count). The van der Waals surface area contributed by atoms with Gasteiger partial charge in [-0.2, -0.15) is 0 Å². The maximum Gasteiger partial charge on any atom is 0.246 e. The van der Waals surface area contributed by atoms with Crippen LogP contribution in [0.1, 0.15) is 32.4 Å². The molecule has 0 spiro atoms. The Kier molecular flexibility index (Phi) is 4.20. The van der Waals surface area contributed by atoms with Crippen LogP contribution in [0.5, 0.6) is 0 Å². The molecule has 1 atom stereocenters. The summed E-state index contributed by atoms with van der Waals surface area (Å²) in [6, 6.07) is 3.59. The topological polar surface area (TPSA) is 41.1 Å². The number of hydrogen-bond acceptors (Lipinski definition) is 3. The fourth-order valence-electron chi connectivity index (χ4n) is 2.01. The summed E-state index contributed by atoms with van der Waals surface area (Å²) in [5, 5.41) is 7.24. The van der Waals surface area contributed by atoms with Crippen molar-refractivity contribution in [1.29, 1.82) is 0 Å². The Morgan fingerprint density at radius 2 is 2.22 bits per heavy atom. The molecule has 1 heterocycles. The number of amides is 1. The van der Waals surface area contributed by atoms with Crippen LogP contribution >= 0.6 is 23.4 Å². The summed E-state index contributed by atoms with van der Waals surface area (Å²) in [6.07, 6.45) is 0. The second kappa shape index (κ2) is 5.51. The number of rotatable bonds is 4. The predicted molar refractivity (Wildman–Crippen MR) is 77.5 cm³/mol. The van der Waals surface area contributed by atoms with Crippen LogP contribution in [0.2, 0.25) is 5.02 Å². The van der Waals surface area contributed by atoms with E-state index in [2.05, 4.69) is 24.5 Å². The van der Waals surface area contributed by atoms with Gasteiger partial charge in [-0.1, -0.05) is 32.4 Å². The van der Waals surface area contributed by atoms with Crippen LogP contribution in [0.15, 0.2) is 17.0 Å². The first-order valence-corrected chi connectivity index (χ1v) is 7.33. The predicted octanol–water partition coefficient (Wildman–Crippen LogP) is 3.44. The van der Waals surface area contributed by atoms with Gasteiger partial charge >= 0.3 is 0 Å². The molecule has 0 aliphatic carbocycles. The minimum absolute atomic E-state index is 0.00499. The molecule has 0 bridgehead atoms. The van der Waals surface area contributed by atoms with Crippen molar-refractivity contribution in [2.24, 2.45) is 0 Å². The zero-order chi connectivity index (χ0) is 13.3. The van der Waals surface area contributed by atoms with Crippen LogP contribution in [0.25, 0.3) is 0 Å². The van der Waals surface area contributed by atoms with Crippen molar-refractivity contribution >= 4 is 35.0 Å². The number of nitrogens with one attached hydrogen (secondary N) is 2. The van der Waals surface area contributed by atoms with E-state index in [1.807, 2.05) is 19.1 Å². The molecule has 98 valence electrons. The molecule has 0 aromatic heterocycles. The number of likely N-dealkylation sites (N-methyl/N-ethyl adjacent to an activating group) is 1. The number of carbonyl (C=O) groups is 1. The average molecular weight is 285 g/mol. The lowest BCUT2D eigenvalue weighted by molar-refractivity contribution is -0.117. The van der Waals surface area contributed by atoms with Gasteiger partial charge in [0.05, 0.1) is 5.02 Å². The van der Waals surface area contributed by atoms with E-state index in [9.17, 15) is 4.79 Å². The van der Waals surface area contributed by atoms with Crippen LogP contribution in [-0.4, -0.2) is 17.7 Å². The zero-order valence-electron chi connectivity index (χ0n) is 10.7. The molecule has 0 saturated carbocycles. The van der Waals surface area contributed by atoms with Crippen LogP contribution in [0.3, 0.4) is 0 Å². The molecule has 1 aromatic carbocycles. The van der Waals surface area contributed by atoms with E-state index in [4.69, 9.17) is 11.6 Å². The Labute approximate surface area is 117 Å². The summed E-state index contributed by atoms with van der Waals surface area (Å²) in [7, 11) is 0. The first kappa shape index (κ1) is 13.7. The highest BCUT2D eigenvalue weighted by atomic mass is 35.5. The van der Waals surface area contributed by atoms with Crippen molar-refractivity contribution in [3.8, 4) is 0 Å². The number of thioether (sulfide) groups is 1. The third-order valence-electron chi connectivity index (χ3n) is 2.71. The maximum atomic E-state index is 11.8. The van der Waals surface area contributed by atoms with Gasteiger partial charge in [-0.25, -0.2) is 0 Å². The van der Waals surface area contributed by atoms with Crippen LogP contribution in [0, 0.1) is 0 Å². The third kappa shape index (κ3) is 2.66. The SMILES string of the molecule is CCNC1C(=O)Nc2cc(SC(C)C)c(Cl)cc21. The van der Waals surface area contributed by atoms with E-state index in [0.717, 1.165) is 22.7 Å². The molecule has 1 unspecified atom stereocenters. The van der Waals surface area contributed by atoms with Gasteiger partial charge in [0.15, 0.2) is 0 Å². The summed E-state index contributed by atoms with van der Waals surface area (Å²) in [4.78, 5) is 12.9. The number of hydrogen-bond donors (Lipinski definition) is 2. The molecule has 0 radical (unpaired) electrons. The highest BCUT2D eigenvalue weighted by molar-refractivity contribution is 8.00. The van der Waals surface area contributed by atoms with Crippen LogP contribution in [0.4, 0.5) is 5.69 Å². The van der Waals surface area contributed by atoms with Crippen LogP contribution < -0.4 is 10.6 Å². The fraction of sp³-hybridized carbons (Fsp3) is 0.462. The summed E-state index contributed by atoms with van der Waals surface area (Å²) in [5.74, 6) is -0.00499. The van der Waals surface area contributed by atoms with Crippen molar-refractivity contribution in [3.05, 3.63) is 22.7 Å². The van der Waals surface area contributed by atoms with E-state index < -0.39 is 0 Å². The average Bonchev–Trinajstić information content (AvgIpc) is 2.56. The van der Waals surface area contributed by atoms with Gasteiger partial charge in [0.2, 0.25) is 5.91 Å². The van der Waals surface area contributed by atoms with E-state index in [-0.39, 0.29) is 11.9 Å². The number of anilines is 1. The molecular weight excluding hydrogens is 268 g/mol. The molecule has 1 aromatic rings. The van der Waals surface area contributed by atoms with Gasteiger partial charge in [0, 0.05) is 21.4 Å². The first-order valence-electron chi connectivity index (χ1n) is 6.07. The lowest BCUT2D eigenvalue weighted by atomic mass is 10.1. The largest absolute Gasteiger partial charge is 0.324 e. The molecular formula is C13H17ClN2OS. The first-order chi connectivity index (χ1) is 8.52. The molecule has 3 nitrogen and oxygen atoms in total. The van der Waals surface area contributed by atoms with Crippen molar-refractivity contribution in [2.45, 2.75) is 37.0 Å². The van der Waals surface area contributed by atoms with Gasteiger partial charge in [-0.05, 0) is 18.7 Å². The van der Waals surface area contributed by atoms with E-state index in [1.54, 1.807) is 11.8 Å². The van der Waals surface area contributed by atoms with Gasteiger partial charge in [0.25, 0.3) is 0 Å². The second-order valence-electron chi connectivity index (χ2n) is 4.52. The third-order valence-corrected chi connectivity index (χ3v) is 4.19. The summed E-state index contributed by atoms with van der Waals surface area (Å²) < 4.78 is 0. The quantitative estimate of drug-likeness (QED) is 0.832. The normalized spacial score (nSPS) is 18.1.